The Labute approximate surface area is 149 Å². The van der Waals surface area contributed by atoms with Crippen LogP contribution in [0.1, 0.15) is 37.6 Å². The fraction of sp³-hybridized carbons (Fsp3) is 0.318. The first-order chi connectivity index (χ1) is 11.9. The maximum absolute atomic E-state index is 6.12. The topological polar surface area (TPSA) is 31.4 Å². The highest BCUT2D eigenvalue weighted by atomic mass is 16.5. The van der Waals surface area contributed by atoms with Gasteiger partial charge in [0.1, 0.15) is 18.1 Å². The van der Waals surface area contributed by atoms with E-state index in [-0.39, 0.29) is 5.41 Å². The Balaban J connectivity index is 1.85. The third-order valence-electron chi connectivity index (χ3n) is 4.32. The van der Waals surface area contributed by atoms with Gasteiger partial charge in [0, 0.05) is 17.1 Å². The number of benzene rings is 2. The summed E-state index contributed by atoms with van der Waals surface area (Å²) in [5.74, 6) is 1.64. The van der Waals surface area contributed by atoms with E-state index in [0.717, 1.165) is 33.7 Å². The highest BCUT2D eigenvalue weighted by Crippen LogP contribution is 2.30. The summed E-state index contributed by atoms with van der Waals surface area (Å²) in [5.41, 5.74) is 4.49. The molecule has 0 radical (unpaired) electrons. The van der Waals surface area contributed by atoms with Gasteiger partial charge in [-0.1, -0.05) is 45.0 Å². The summed E-state index contributed by atoms with van der Waals surface area (Å²) in [5, 5.41) is 0.969. The van der Waals surface area contributed by atoms with Gasteiger partial charge in [0.2, 0.25) is 0 Å². The smallest absolute Gasteiger partial charge is 0.131 e. The van der Waals surface area contributed by atoms with E-state index in [2.05, 4.69) is 50.0 Å². The Morgan fingerprint density at radius 1 is 0.960 bits per heavy atom. The van der Waals surface area contributed by atoms with Gasteiger partial charge in [-0.05, 0) is 41.7 Å². The largest absolute Gasteiger partial charge is 0.497 e. The monoisotopic (exact) mass is 335 g/mol. The first-order valence-electron chi connectivity index (χ1n) is 8.54. The zero-order valence-corrected chi connectivity index (χ0v) is 15.6. The summed E-state index contributed by atoms with van der Waals surface area (Å²) in [7, 11) is 1.67. The van der Waals surface area contributed by atoms with Crippen LogP contribution in [0.2, 0.25) is 0 Å². The maximum Gasteiger partial charge on any atom is 0.131 e. The molecule has 0 fully saturated rings. The average Bonchev–Trinajstić information content (AvgIpc) is 2.58. The number of methoxy groups -OCH3 is 1. The van der Waals surface area contributed by atoms with Crippen LogP contribution in [0.5, 0.6) is 11.5 Å². The molecule has 0 aliphatic heterocycles. The number of rotatable bonds is 4. The number of pyridine rings is 1. The lowest BCUT2D eigenvalue weighted by Gasteiger charge is -2.19. The molecule has 0 aliphatic carbocycles. The SMILES string of the molecule is COc1ccc2nc(C)cc(OCc3ccc(C(C)(C)C)cc3)c2c1. The predicted molar refractivity (Wildman–Crippen MR) is 103 cm³/mol. The molecule has 0 atom stereocenters. The van der Waals surface area contributed by atoms with E-state index in [1.54, 1.807) is 7.11 Å². The van der Waals surface area contributed by atoms with Crippen molar-refractivity contribution in [3.8, 4) is 11.5 Å². The standard InChI is InChI=1S/C22H25NO2/c1-15-12-21(19-13-18(24-5)10-11-20(19)23-15)25-14-16-6-8-17(9-7-16)22(2,3)4/h6-13H,14H2,1-5H3. The van der Waals surface area contributed by atoms with Gasteiger partial charge in [-0.25, -0.2) is 0 Å². The minimum atomic E-state index is 0.161. The summed E-state index contributed by atoms with van der Waals surface area (Å²) in [4.78, 5) is 4.57. The molecule has 1 heterocycles. The number of nitrogens with zero attached hydrogens (tertiary/aromatic N) is 1. The molecule has 0 amide bonds. The van der Waals surface area contributed by atoms with E-state index in [9.17, 15) is 0 Å². The van der Waals surface area contributed by atoms with Gasteiger partial charge in [-0.2, -0.15) is 0 Å². The second-order valence-electron chi connectivity index (χ2n) is 7.38. The summed E-state index contributed by atoms with van der Waals surface area (Å²) < 4.78 is 11.4. The maximum atomic E-state index is 6.12. The number of hydrogen-bond acceptors (Lipinski definition) is 3. The molecule has 130 valence electrons. The van der Waals surface area contributed by atoms with Crippen molar-refractivity contribution in [3.63, 3.8) is 0 Å². The zero-order valence-electron chi connectivity index (χ0n) is 15.6. The minimum Gasteiger partial charge on any atom is -0.497 e. The molecular weight excluding hydrogens is 310 g/mol. The molecular formula is C22H25NO2. The molecule has 0 unspecified atom stereocenters. The fourth-order valence-corrected chi connectivity index (χ4v) is 2.81. The Morgan fingerprint density at radius 2 is 1.68 bits per heavy atom. The Kier molecular flexibility index (Phi) is 4.67. The number of ether oxygens (including phenoxy) is 2. The minimum absolute atomic E-state index is 0.161. The average molecular weight is 335 g/mol. The molecule has 0 saturated heterocycles. The Bertz CT molecular complexity index is 877. The lowest BCUT2D eigenvalue weighted by molar-refractivity contribution is 0.309. The van der Waals surface area contributed by atoms with Crippen LogP contribution in [0.15, 0.2) is 48.5 Å². The van der Waals surface area contributed by atoms with Gasteiger partial charge in [0.05, 0.1) is 12.6 Å². The first-order valence-corrected chi connectivity index (χ1v) is 8.54. The number of aryl methyl sites for hydroxylation is 1. The van der Waals surface area contributed by atoms with Crippen molar-refractivity contribution in [2.45, 2.75) is 39.7 Å². The molecule has 25 heavy (non-hydrogen) atoms. The van der Waals surface area contributed by atoms with E-state index >= 15 is 0 Å². The van der Waals surface area contributed by atoms with Crippen molar-refractivity contribution in [2.24, 2.45) is 0 Å². The summed E-state index contributed by atoms with van der Waals surface area (Å²) in [6.07, 6.45) is 0. The molecule has 0 N–H and O–H groups in total. The quantitative estimate of drug-likeness (QED) is 0.637. The molecule has 0 saturated carbocycles. The van der Waals surface area contributed by atoms with Crippen LogP contribution in [0, 0.1) is 6.92 Å². The highest BCUT2D eigenvalue weighted by Gasteiger charge is 2.13. The van der Waals surface area contributed by atoms with Crippen LogP contribution in [0.4, 0.5) is 0 Å². The van der Waals surface area contributed by atoms with Crippen LogP contribution in [0.25, 0.3) is 10.9 Å². The van der Waals surface area contributed by atoms with Crippen molar-refractivity contribution >= 4 is 10.9 Å². The van der Waals surface area contributed by atoms with Crippen LogP contribution < -0.4 is 9.47 Å². The van der Waals surface area contributed by atoms with Crippen molar-refractivity contribution in [1.82, 2.24) is 4.98 Å². The van der Waals surface area contributed by atoms with E-state index in [4.69, 9.17) is 9.47 Å². The lowest BCUT2D eigenvalue weighted by atomic mass is 9.87. The summed E-state index contributed by atoms with van der Waals surface area (Å²) >= 11 is 0. The van der Waals surface area contributed by atoms with Crippen LogP contribution >= 0.6 is 0 Å². The van der Waals surface area contributed by atoms with Crippen molar-refractivity contribution in [3.05, 3.63) is 65.4 Å². The predicted octanol–water partition coefficient (Wildman–Crippen LogP) is 5.43. The van der Waals surface area contributed by atoms with Gasteiger partial charge in [0.25, 0.3) is 0 Å². The Morgan fingerprint density at radius 3 is 2.32 bits per heavy atom. The van der Waals surface area contributed by atoms with Gasteiger partial charge in [-0.15, -0.1) is 0 Å². The second kappa shape index (κ2) is 6.75. The van der Waals surface area contributed by atoms with Crippen LogP contribution in [-0.4, -0.2) is 12.1 Å². The molecule has 0 aliphatic rings. The van der Waals surface area contributed by atoms with Crippen LogP contribution in [0.3, 0.4) is 0 Å². The number of aromatic nitrogens is 1. The Hall–Kier alpha value is -2.55. The summed E-state index contributed by atoms with van der Waals surface area (Å²) in [6.45, 7) is 9.17. The molecule has 2 aromatic carbocycles. The number of fused-ring (bicyclic) bond motifs is 1. The summed E-state index contributed by atoms with van der Waals surface area (Å²) in [6, 6.07) is 16.5. The molecule has 3 nitrogen and oxygen atoms in total. The normalized spacial score (nSPS) is 11.6. The lowest BCUT2D eigenvalue weighted by Crippen LogP contribution is -2.10. The zero-order chi connectivity index (χ0) is 18.0. The van der Waals surface area contributed by atoms with Crippen molar-refractivity contribution < 1.29 is 9.47 Å². The van der Waals surface area contributed by atoms with Crippen molar-refractivity contribution in [2.75, 3.05) is 7.11 Å². The van der Waals surface area contributed by atoms with Gasteiger partial charge >= 0.3 is 0 Å². The van der Waals surface area contributed by atoms with E-state index in [1.165, 1.54) is 5.56 Å². The molecule has 3 aromatic rings. The molecule has 3 heteroatoms. The van der Waals surface area contributed by atoms with Gasteiger partial charge in [0.15, 0.2) is 0 Å². The third kappa shape index (κ3) is 3.93. The number of hydrogen-bond donors (Lipinski definition) is 0. The van der Waals surface area contributed by atoms with E-state index < -0.39 is 0 Å². The molecule has 3 rings (SSSR count). The van der Waals surface area contributed by atoms with Gasteiger partial charge < -0.3 is 9.47 Å². The van der Waals surface area contributed by atoms with Crippen LogP contribution in [-0.2, 0) is 12.0 Å². The van der Waals surface area contributed by atoms with Crippen molar-refractivity contribution in [1.29, 1.82) is 0 Å². The molecule has 0 bridgehead atoms. The van der Waals surface area contributed by atoms with E-state index in [0.29, 0.717) is 6.61 Å². The molecule has 0 spiro atoms. The third-order valence-corrected chi connectivity index (χ3v) is 4.32. The first kappa shape index (κ1) is 17.3. The van der Waals surface area contributed by atoms with E-state index in [1.807, 2.05) is 31.2 Å². The fourth-order valence-electron chi connectivity index (χ4n) is 2.81. The second-order valence-corrected chi connectivity index (χ2v) is 7.38. The highest BCUT2D eigenvalue weighted by molar-refractivity contribution is 5.86. The van der Waals surface area contributed by atoms with Gasteiger partial charge in [-0.3, -0.25) is 4.98 Å². The molecule has 1 aromatic heterocycles.